The third-order valence-corrected chi connectivity index (χ3v) is 4.61. The zero-order valence-corrected chi connectivity index (χ0v) is 12.0. The summed E-state index contributed by atoms with van der Waals surface area (Å²) in [6.07, 6.45) is 2.18. The number of aliphatic hydroxyl groups excluding tert-OH is 1. The largest absolute Gasteiger partial charge is 0.396 e. The number of anilines is 2. The first-order valence-electron chi connectivity index (χ1n) is 6.46. The van der Waals surface area contributed by atoms with E-state index in [0.717, 1.165) is 35.4 Å². The van der Waals surface area contributed by atoms with E-state index in [1.54, 1.807) is 11.3 Å². The average molecular weight is 278 g/mol. The first-order chi connectivity index (χ1) is 9.15. The summed E-state index contributed by atoms with van der Waals surface area (Å²) in [5.74, 6) is 1.49. The monoisotopic (exact) mass is 278 g/mol. The SMILES string of the molecule is CNc1nc(NCC2(CO)CC2)c2cc(C)sc2n1. The summed E-state index contributed by atoms with van der Waals surface area (Å²) < 4.78 is 0. The lowest BCUT2D eigenvalue weighted by molar-refractivity contribution is 0.219. The molecule has 0 spiro atoms. The minimum absolute atomic E-state index is 0.0716. The molecule has 1 saturated carbocycles. The van der Waals surface area contributed by atoms with Crippen LogP contribution in [-0.4, -0.2) is 35.3 Å². The molecule has 0 radical (unpaired) electrons. The van der Waals surface area contributed by atoms with Crippen LogP contribution in [0.4, 0.5) is 11.8 Å². The van der Waals surface area contributed by atoms with Crippen LogP contribution in [-0.2, 0) is 0 Å². The van der Waals surface area contributed by atoms with Gasteiger partial charge in [0.1, 0.15) is 10.6 Å². The average Bonchev–Trinajstić information content (AvgIpc) is 3.10. The van der Waals surface area contributed by atoms with Gasteiger partial charge >= 0.3 is 0 Å². The highest BCUT2D eigenvalue weighted by Crippen LogP contribution is 2.45. The van der Waals surface area contributed by atoms with E-state index in [-0.39, 0.29) is 12.0 Å². The van der Waals surface area contributed by atoms with Gasteiger partial charge in [-0.05, 0) is 25.8 Å². The highest BCUT2D eigenvalue weighted by atomic mass is 32.1. The van der Waals surface area contributed by atoms with Crippen LogP contribution in [0.2, 0.25) is 0 Å². The van der Waals surface area contributed by atoms with Gasteiger partial charge in [0.2, 0.25) is 5.95 Å². The third kappa shape index (κ3) is 2.37. The molecule has 3 rings (SSSR count). The molecule has 2 aromatic heterocycles. The molecular weight excluding hydrogens is 260 g/mol. The number of hydrogen-bond donors (Lipinski definition) is 3. The van der Waals surface area contributed by atoms with Gasteiger partial charge in [-0.3, -0.25) is 0 Å². The third-order valence-electron chi connectivity index (χ3n) is 3.66. The van der Waals surface area contributed by atoms with E-state index in [0.29, 0.717) is 5.95 Å². The minimum atomic E-state index is 0.0716. The fourth-order valence-electron chi connectivity index (χ4n) is 2.13. The van der Waals surface area contributed by atoms with Crippen LogP contribution in [0.1, 0.15) is 17.7 Å². The number of thiophene rings is 1. The van der Waals surface area contributed by atoms with Crippen LogP contribution >= 0.6 is 11.3 Å². The number of hydrogen-bond acceptors (Lipinski definition) is 6. The molecule has 0 atom stereocenters. The molecule has 0 amide bonds. The first-order valence-corrected chi connectivity index (χ1v) is 7.28. The predicted octanol–water partition coefficient (Wildman–Crippen LogP) is 2.23. The van der Waals surface area contributed by atoms with Crippen LogP contribution in [0, 0.1) is 12.3 Å². The molecule has 0 aromatic carbocycles. The van der Waals surface area contributed by atoms with Gasteiger partial charge < -0.3 is 15.7 Å². The van der Waals surface area contributed by atoms with Crippen LogP contribution in [0.3, 0.4) is 0 Å². The molecule has 102 valence electrons. The lowest BCUT2D eigenvalue weighted by atomic mass is 10.1. The maximum atomic E-state index is 9.37. The van der Waals surface area contributed by atoms with Gasteiger partial charge in [-0.2, -0.15) is 4.98 Å². The summed E-state index contributed by atoms with van der Waals surface area (Å²) in [6, 6.07) is 2.11. The summed E-state index contributed by atoms with van der Waals surface area (Å²) >= 11 is 1.67. The molecule has 1 aliphatic carbocycles. The van der Waals surface area contributed by atoms with Gasteiger partial charge in [0.25, 0.3) is 0 Å². The Morgan fingerprint density at radius 1 is 1.42 bits per heavy atom. The van der Waals surface area contributed by atoms with Gasteiger partial charge in [0, 0.05) is 23.9 Å². The Hall–Kier alpha value is -1.40. The van der Waals surface area contributed by atoms with E-state index < -0.39 is 0 Å². The van der Waals surface area contributed by atoms with E-state index in [2.05, 4.69) is 33.6 Å². The number of nitrogens with zero attached hydrogens (tertiary/aromatic N) is 2. The number of rotatable bonds is 5. The van der Waals surface area contributed by atoms with Crippen LogP contribution in [0.15, 0.2) is 6.07 Å². The number of aliphatic hydroxyl groups is 1. The summed E-state index contributed by atoms with van der Waals surface area (Å²) in [5.41, 5.74) is 0.0716. The smallest absolute Gasteiger partial charge is 0.225 e. The van der Waals surface area contributed by atoms with Crippen molar-refractivity contribution in [1.29, 1.82) is 0 Å². The summed E-state index contributed by atoms with van der Waals surface area (Å²) in [4.78, 5) is 11.2. The number of aryl methyl sites for hydroxylation is 1. The van der Waals surface area contributed by atoms with Crippen molar-refractivity contribution >= 4 is 33.3 Å². The van der Waals surface area contributed by atoms with Crippen LogP contribution in [0.25, 0.3) is 10.2 Å². The highest BCUT2D eigenvalue weighted by Gasteiger charge is 2.41. The molecule has 6 heteroatoms. The van der Waals surface area contributed by atoms with Gasteiger partial charge in [0.15, 0.2) is 0 Å². The zero-order valence-electron chi connectivity index (χ0n) is 11.2. The lowest BCUT2D eigenvalue weighted by Gasteiger charge is -2.14. The predicted molar refractivity (Wildman–Crippen MR) is 78.9 cm³/mol. The Balaban J connectivity index is 1.92. The second-order valence-corrected chi connectivity index (χ2v) is 6.47. The summed E-state index contributed by atoms with van der Waals surface area (Å²) in [7, 11) is 1.82. The normalized spacial score (nSPS) is 16.6. The Morgan fingerprint density at radius 2 is 2.21 bits per heavy atom. The Kier molecular flexibility index (Phi) is 3.06. The standard InChI is InChI=1S/C13H18N4OS/c1-8-5-9-10(15-6-13(7-18)3-4-13)16-12(14-2)17-11(9)19-8/h5,18H,3-4,6-7H2,1-2H3,(H2,14,15,16,17). The zero-order chi connectivity index (χ0) is 13.5. The topological polar surface area (TPSA) is 70.1 Å². The molecular formula is C13H18N4OS. The second kappa shape index (κ2) is 4.61. The van der Waals surface area contributed by atoms with Gasteiger partial charge in [-0.15, -0.1) is 11.3 Å². The molecule has 0 saturated heterocycles. The van der Waals surface area contributed by atoms with E-state index in [1.165, 1.54) is 4.88 Å². The maximum absolute atomic E-state index is 9.37. The molecule has 0 unspecified atom stereocenters. The summed E-state index contributed by atoms with van der Waals surface area (Å²) in [5, 5.41) is 16.8. The molecule has 3 N–H and O–H groups in total. The van der Waals surface area contributed by atoms with E-state index in [1.807, 2.05) is 7.05 Å². The molecule has 2 aromatic rings. The molecule has 19 heavy (non-hydrogen) atoms. The molecule has 5 nitrogen and oxygen atoms in total. The maximum Gasteiger partial charge on any atom is 0.225 e. The Morgan fingerprint density at radius 3 is 2.84 bits per heavy atom. The molecule has 0 aliphatic heterocycles. The van der Waals surface area contributed by atoms with E-state index >= 15 is 0 Å². The van der Waals surface area contributed by atoms with Crippen molar-refractivity contribution in [2.75, 3.05) is 30.8 Å². The quantitative estimate of drug-likeness (QED) is 0.782. The Labute approximate surface area is 116 Å². The van der Waals surface area contributed by atoms with E-state index in [9.17, 15) is 5.11 Å². The number of nitrogens with one attached hydrogen (secondary N) is 2. The van der Waals surface area contributed by atoms with Crippen molar-refractivity contribution < 1.29 is 5.11 Å². The number of fused-ring (bicyclic) bond motifs is 1. The number of aromatic nitrogens is 2. The minimum Gasteiger partial charge on any atom is -0.396 e. The van der Waals surface area contributed by atoms with Crippen molar-refractivity contribution in [3.63, 3.8) is 0 Å². The van der Waals surface area contributed by atoms with E-state index in [4.69, 9.17) is 0 Å². The molecule has 2 heterocycles. The van der Waals surface area contributed by atoms with Crippen LogP contribution in [0.5, 0.6) is 0 Å². The molecule has 1 aliphatic rings. The van der Waals surface area contributed by atoms with Gasteiger partial charge in [0.05, 0.1) is 12.0 Å². The van der Waals surface area contributed by atoms with Crippen molar-refractivity contribution in [1.82, 2.24) is 9.97 Å². The van der Waals surface area contributed by atoms with Crippen LogP contribution < -0.4 is 10.6 Å². The van der Waals surface area contributed by atoms with Crippen molar-refractivity contribution in [2.24, 2.45) is 5.41 Å². The second-order valence-electron chi connectivity index (χ2n) is 5.23. The highest BCUT2D eigenvalue weighted by molar-refractivity contribution is 7.18. The Bertz CT molecular complexity index is 606. The molecule has 1 fully saturated rings. The van der Waals surface area contributed by atoms with Crippen molar-refractivity contribution in [2.45, 2.75) is 19.8 Å². The van der Waals surface area contributed by atoms with Gasteiger partial charge in [-0.1, -0.05) is 0 Å². The lowest BCUT2D eigenvalue weighted by Crippen LogP contribution is -2.19. The van der Waals surface area contributed by atoms with Crippen molar-refractivity contribution in [3.8, 4) is 0 Å². The molecule has 0 bridgehead atoms. The first kappa shape index (κ1) is 12.6. The van der Waals surface area contributed by atoms with Crippen molar-refractivity contribution in [3.05, 3.63) is 10.9 Å². The summed E-state index contributed by atoms with van der Waals surface area (Å²) in [6.45, 7) is 3.09. The fourth-order valence-corrected chi connectivity index (χ4v) is 3.01. The van der Waals surface area contributed by atoms with Gasteiger partial charge in [-0.25, -0.2) is 4.98 Å². The fraction of sp³-hybridized carbons (Fsp3) is 0.538.